The van der Waals surface area contributed by atoms with Gasteiger partial charge in [0.25, 0.3) is 0 Å². The lowest BCUT2D eigenvalue weighted by molar-refractivity contribution is 0.399. The number of ether oxygens (including phenoxy) is 2. The summed E-state index contributed by atoms with van der Waals surface area (Å²) in [5.74, 6) is 1.42. The highest BCUT2D eigenvalue weighted by Gasteiger charge is 2.13. The number of rotatable bonds is 5. The Labute approximate surface area is 141 Å². The first-order valence-corrected chi connectivity index (χ1v) is 8.58. The van der Waals surface area contributed by atoms with Gasteiger partial charge in [-0.15, -0.1) is 0 Å². The van der Waals surface area contributed by atoms with Crippen LogP contribution in [-0.2, 0) is 16.6 Å². The monoisotopic (exact) mass is 345 g/mol. The van der Waals surface area contributed by atoms with Gasteiger partial charge in [-0.25, -0.2) is 0 Å². The molecule has 7 nitrogen and oxygen atoms in total. The van der Waals surface area contributed by atoms with Gasteiger partial charge in [0.2, 0.25) is 0 Å². The summed E-state index contributed by atoms with van der Waals surface area (Å²) in [6, 6.07) is 3.44. The Kier molecular flexibility index (Phi) is 4.48. The van der Waals surface area contributed by atoms with Gasteiger partial charge in [0, 0.05) is 28.5 Å². The van der Waals surface area contributed by atoms with Crippen molar-refractivity contribution in [3.63, 3.8) is 0 Å². The Morgan fingerprint density at radius 2 is 1.96 bits per heavy atom. The smallest absolute Gasteiger partial charge is 0.142 e. The average Bonchev–Trinajstić information content (AvgIpc) is 3.01. The zero-order valence-corrected chi connectivity index (χ0v) is 14.7. The number of hydrogen-bond acceptors (Lipinski definition) is 6. The molecule has 1 unspecified atom stereocenters. The summed E-state index contributed by atoms with van der Waals surface area (Å²) in [4.78, 5) is 17.1. The van der Waals surface area contributed by atoms with Crippen molar-refractivity contribution in [2.75, 3.05) is 14.2 Å². The van der Waals surface area contributed by atoms with E-state index in [9.17, 15) is 4.21 Å². The van der Waals surface area contributed by atoms with E-state index < -0.39 is 10.8 Å². The first-order valence-electron chi connectivity index (χ1n) is 7.26. The molecule has 3 aromatic rings. The molecule has 126 valence electrons. The molecule has 0 spiro atoms. The van der Waals surface area contributed by atoms with Crippen LogP contribution < -0.4 is 14.5 Å². The van der Waals surface area contributed by atoms with Crippen molar-refractivity contribution in [1.82, 2.24) is 19.9 Å². The highest BCUT2D eigenvalue weighted by Crippen LogP contribution is 2.25. The van der Waals surface area contributed by atoms with Crippen LogP contribution in [0.2, 0.25) is 0 Å². The molecule has 3 rings (SSSR count). The number of aryl methyl sites for hydroxylation is 1. The van der Waals surface area contributed by atoms with E-state index in [1.807, 2.05) is 13.8 Å². The summed E-state index contributed by atoms with van der Waals surface area (Å²) >= 11 is 0. The normalized spacial score (nSPS) is 12.3. The Bertz CT molecular complexity index is 923. The highest BCUT2D eigenvalue weighted by atomic mass is 32.2. The predicted molar refractivity (Wildman–Crippen MR) is 89.8 cm³/mol. The molecule has 0 radical (unpaired) electrons. The van der Waals surface area contributed by atoms with Crippen molar-refractivity contribution < 1.29 is 13.7 Å². The third-order valence-electron chi connectivity index (χ3n) is 3.68. The molecule has 0 fully saturated rings. The van der Waals surface area contributed by atoms with Crippen molar-refractivity contribution in [3.05, 3.63) is 35.2 Å². The van der Waals surface area contributed by atoms with E-state index in [0.717, 1.165) is 16.9 Å². The van der Waals surface area contributed by atoms with Gasteiger partial charge in [0.15, 0.2) is 0 Å². The maximum Gasteiger partial charge on any atom is 0.142 e. The molecule has 0 N–H and O–H groups in total. The van der Waals surface area contributed by atoms with E-state index in [4.69, 9.17) is 9.47 Å². The van der Waals surface area contributed by atoms with Crippen molar-refractivity contribution in [2.45, 2.75) is 24.8 Å². The Morgan fingerprint density at radius 1 is 1.17 bits per heavy atom. The quantitative estimate of drug-likeness (QED) is 0.698. The molecule has 24 heavy (non-hydrogen) atoms. The van der Waals surface area contributed by atoms with Crippen LogP contribution in [0, 0.1) is 13.8 Å². The second-order valence-electron chi connectivity index (χ2n) is 5.24. The van der Waals surface area contributed by atoms with Gasteiger partial charge >= 0.3 is 0 Å². The average molecular weight is 345 g/mol. The Morgan fingerprint density at radius 3 is 2.67 bits per heavy atom. The number of aromatic nitrogens is 4. The van der Waals surface area contributed by atoms with Gasteiger partial charge in [0.05, 0.1) is 41.6 Å². The van der Waals surface area contributed by atoms with Crippen LogP contribution in [0.4, 0.5) is 0 Å². The minimum atomic E-state index is -1.42. The lowest BCUT2D eigenvalue weighted by atomic mass is 10.1. The number of nitrogens with zero attached hydrogens (tertiary/aromatic N) is 4. The van der Waals surface area contributed by atoms with Crippen LogP contribution in [0.3, 0.4) is 0 Å². The highest BCUT2D eigenvalue weighted by molar-refractivity contribution is 7.84. The van der Waals surface area contributed by atoms with E-state index in [0.29, 0.717) is 22.7 Å². The maximum absolute atomic E-state index is 12.6. The Balaban J connectivity index is 1.90. The second kappa shape index (κ2) is 6.56. The molecule has 0 aromatic carbocycles. The number of imidazole rings is 1. The predicted octanol–water partition coefficient (Wildman–Crippen LogP) is 1.92. The molecule has 3 heterocycles. The molecule has 0 bridgehead atoms. The Hall–Kier alpha value is -2.48. The standard InChI is InChI=1S/C16H17N4O3S/c1-9-7-17-12(10(2)14(9)23-4)8-24(21)16-18-11-5-6-13(22-3)19-15(11)20-16/h5-7H,8H2,1-4H3/q-1. The summed E-state index contributed by atoms with van der Waals surface area (Å²) in [6.07, 6.45) is 1.72. The van der Waals surface area contributed by atoms with Gasteiger partial charge < -0.3 is 24.4 Å². The molecular formula is C16H17N4O3S-. The first-order chi connectivity index (χ1) is 11.5. The van der Waals surface area contributed by atoms with Crippen LogP contribution in [0.1, 0.15) is 16.8 Å². The summed E-state index contributed by atoms with van der Waals surface area (Å²) < 4.78 is 23.1. The molecule has 0 aliphatic heterocycles. The van der Waals surface area contributed by atoms with Crippen molar-refractivity contribution in [2.24, 2.45) is 0 Å². The largest absolute Gasteiger partial charge is 0.496 e. The molecule has 0 amide bonds. The molecule has 0 aliphatic rings. The number of methoxy groups -OCH3 is 2. The van der Waals surface area contributed by atoms with E-state index in [1.54, 1.807) is 25.4 Å². The van der Waals surface area contributed by atoms with E-state index in [-0.39, 0.29) is 10.9 Å². The SMILES string of the molecule is COc1ccc2nc(S(=O)Cc3ncc(C)c(OC)c3C)[n-]c2n1. The van der Waals surface area contributed by atoms with Gasteiger partial charge in [-0.1, -0.05) is 0 Å². The van der Waals surface area contributed by atoms with Crippen LogP contribution in [0.25, 0.3) is 11.2 Å². The molecule has 3 aromatic heterocycles. The van der Waals surface area contributed by atoms with Crippen LogP contribution in [0.5, 0.6) is 11.6 Å². The lowest BCUT2D eigenvalue weighted by Crippen LogP contribution is -2.05. The van der Waals surface area contributed by atoms with Crippen LogP contribution in [0.15, 0.2) is 23.5 Å². The van der Waals surface area contributed by atoms with Crippen LogP contribution in [-0.4, -0.2) is 33.4 Å². The molecule has 8 heteroatoms. The van der Waals surface area contributed by atoms with Gasteiger partial charge in [-0.2, -0.15) is 0 Å². The summed E-state index contributed by atoms with van der Waals surface area (Å²) in [5, 5.41) is 0.242. The number of hydrogen-bond donors (Lipinski definition) is 0. The zero-order valence-electron chi connectivity index (χ0n) is 13.9. The van der Waals surface area contributed by atoms with Gasteiger partial charge in [0.1, 0.15) is 11.6 Å². The maximum atomic E-state index is 12.6. The van der Waals surface area contributed by atoms with Crippen LogP contribution >= 0.6 is 0 Å². The molecule has 1 atom stereocenters. The van der Waals surface area contributed by atoms with E-state index >= 15 is 0 Å². The number of pyridine rings is 2. The van der Waals surface area contributed by atoms with E-state index in [1.165, 1.54) is 7.11 Å². The summed E-state index contributed by atoms with van der Waals surface area (Å²) in [7, 11) is 1.72. The third-order valence-corrected chi connectivity index (χ3v) is 4.80. The van der Waals surface area contributed by atoms with Gasteiger partial charge in [-0.05, 0) is 26.0 Å². The minimum Gasteiger partial charge on any atom is -0.496 e. The third kappa shape index (κ3) is 2.96. The second-order valence-corrected chi connectivity index (χ2v) is 6.58. The first kappa shape index (κ1) is 16.4. The van der Waals surface area contributed by atoms with Crippen molar-refractivity contribution >= 4 is 22.0 Å². The fourth-order valence-corrected chi connectivity index (χ4v) is 3.49. The van der Waals surface area contributed by atoms with Crippen molar-refractivity contribution in [3.8, 4) is 11.6 Å². The molecule has 0 saturated carbocycles. The summed E-state index contributed by atoms with van der Waals surface area (Å²) in [5.41, 5.74) is 3.53. The van der Waals surface area contributed by atoms with Gasteiger partial charge in [-0.3, -0.25) is 9.19 Å². The molecule has 0 aliphatic carbocycles. The summed E-state index contributed by atoms with van der Waals surface area (Å²) in [6.45, 7) is 3.83. The topological polar surface area (TPSA) is 88.3 Å². The minimum absolute atomic E-state index is 0.218. The zero-order chi connectivity index (χ0) is 17.3. The van der Waals surface area contributed by atoms with Crippen molar-refractivity contribution in [1.29, 1.82) is 0 Å². The molecular weight excluding hydrogens is 328 g/mol. The number of fused-ring (bicyclic) bond motifs is 1. The van der Waals surface area contributed by atoms with E-state index in [2.05, 4.69) is 19.9 Å². The molecule has 0 saturated heterocycles. The lowest BCUT2D eigenvalue weighted by Gasteiger charge is -2.12. The fourth-order valence-electron chi connectivity index (χ4n) is 2.43. The fraction of sp³-hybridized carbons (Fsp3) is 0.312.